The fourth-order valence-electron chi connectivity index (χ4n) is 1.51. The topological polar surface area (TPSA) is 50.9 Å². The van der Waals surface area contributed by atoms with Crippen LogP contribution in [0.4, 0.5) is 0 Å². The van der Waals surface area contributed by atoms with Crippen LogP contribution >= 0.6 is 0 Å². The molecule has 15 heavy (non-hydrogen) atoms. The Balaban J connectivity index is 2.58. The van der Waals surface area contributed by atoms with Crippen molar-refractivity contribution < 1.29 is 5.11 Å². The predicted molar refractivity (Wildman–Crippen MR) is 56.8 cm³/mol. The van der Waals surface area contributed by atoms with E-state index in [4.69, 9.17) is 0 Å². The average Bonchev–Trinajstić information content (AvgIpc) is 2.60. The Hall–Kier alpha value is -1.68. The molecule has 0 aliphatic carbocycles. The van der Waals surface area contributed by atoms with Gasteiger partial charge in [-0.05, 0) is 19.9 Å². The van der Waals surface area contributed by atoms with E-state index in [0.717, 1.165) is 22.6 Å². The number of pyridine rings is 1. The Morgan fingerprint density at radius 1 is 1.40 bits per heavy atom. The highest BCUT2D eigenvalue weighted by atomic mass is 16.3. The standard InChI is InChI=1S/C11H13N3O/c1-8-9(2)14(7-13-8)11-5-12-4-3-10(11)6-15/h3-5,7,15H,6H2,1-2H3. The SMILES string of the molecule is Cc1ncn(-c2cnccc2CO)c1C. The van der Waals surface area contributed by atoms with E-state index in [0.29, 0.717) is 0 Å². The van der Waals surface area contributed by atoms with E-state index in [9.17, 15) is 5.11 Å². The maximum absolute atomic E-state index is 9.22. The lowest BCUT2D eigenvalue weighted by molar-refractivity contribution is 0.281. The molecule has 0 atom stereocenters. The van der Waals surface area contributed by atoms with Crippen LogP contribution in [0.1, 0.15) is 17.0 Å². The normalized spacial score (nSPS) is 10.6. The van der Waals surface area contributed by atoms with E-state index in [2.05, 4.69) is 9.97 Å². The summed E-state index contributed by atoms with van der Waals surface area (Å²) in [7, 11) is 0. The van der Waals surface area contributed by atoms with Gasteiger partial charge in [0.05, 0.1) is 30.5 Å². The van der Waals surface area contributed by atoms with Crippen LogP contribution in [0.25, 0.3) is 5.69 Å². The Kier molecular flexibility index (Phi) is 2.51. The van der Waals surface area contributed by atoms with Crippen molar-refractivity contribution in [3.8, 4) is 5.69 Å². The zero-order valence-corrected chi connectivity index (χ0v) is 8.81. The van der Waals surface area contributed by atoms with Gasteiger partial charge >= 0.3 is 0 Å². The van der Waals surface area contributed by atoms with Gasteiger partial charge in [-0.1, -0.05) is 0 Å². The average molecular weight is 203 g/mol. The van der Waals surface area contributed by atoms with Crippen LogP contribution in [-0.2, 0) is 6.61 Å². The second-order valence-electron chi connectivity index (χ2n) is 3.45. The fraction of sp³-hybridized carbons (Fsp3) is 0.273. The number of rotatable bonds is 2. The number of hydrogen-bond acceptors (Lipinski definition) is 3. The molecule has 4 heteroatoms. The summed E-state index contributed by atoms with van der Waals surface area (Å²) in [5.74, 6) is 0. The van der Waals surface area contributed by atoms with E-state index in [1.165, 1.54) is 0 Å². The summed E-state index contributed by atoms with van der Waals surface area (Å²) in [6.45, 7) is 3.96. The van der Waals surface area contributed by atoms with Crippen molar-refractivity contribution in [3.05, 3.63) is 41.7 Å². The highest BCUT2D eigenvalue weighted by Gasteiger charge is 2.07. The summed E-state index contributed by atoms with van der Waals surface area (Å²) in [4.78, 5) is 8.28. The molecule has 1 N–H and O–H groups in total. The molecule has 0 saturated heterocycles. The van der Waals surface area contributed by atoms with Crippen LogP contribution in [-0.4, -0.2) is 19.6 Å². The molecule has 0 fully saturated rings. The molecule has 2 rings (SSSR count). The van der Waals surface area contributed by atoms with Crippen LogP contribution < -0.4 is 0 Å². The van der Waals surface area contributed by atoms with E-state index in [-0.39, 0.29) is 6.61 Å². The van der Waals surface area contributed by atoms with Gasteiger partial charge in [0.2, 0.25) is 0 Å². The zero-order valence-electron chi connectivity index (χ0n) is 8.81. The van der Waals surface area contributed by atoms with Crippen LogP contribution in [0.3, 0.4) is 0 Å². The summed E-state index contributed by atoms with van der Waals surface area (Å²) in [5, 5.41) is 9.22. The first-order valence-electron chi connectivity index (χ1n) is 4.78. The van der Waals surface area contributed by atoms with Gasteiger partial charge in [-0.25, -0.2) is 4.98 Å². The van der Waals surface area contributed by atoms with E-state index in [1.807, 2.05) is 24.5 Å². The Bertz CT molecular complexity index is 476. The van der Waals surface area contributed by atoms with Gasteiger partial charge in [-0.15, -0.1) is 0 Å². The molecule has 0 amide bonds. The molecule has 0 bridgehead atoms. The third-order valence-electron chi connectivity index (χ3n) is 2.57. The van der Waals surface area contributed by atoms with Gasteiger partial charge in [-0.3, -0.25) is 4.98 Å². The molecule has 0 unspecified atom stereocenters. The summed E-state index contributed by atoms with van der Waals surface area (Å²) < 4.78 is 1.94. The monoisotopic (exact) mass is 203 g/mol. The molecule has 2 aromatic heterocycles. The minimum atomic E-state index is 0.00845. The zero-order chi connectivity index (χ0) is 10.8. The van der Waals surface area contributed by atoms with E-state index >= 15 is 0 Å². The van der Waals surface area contributed by atoms with Crippen molar-refractivity contribution >= 4 is 0 Å². The second-order valence-corrected chi connectivity index (χ2v) is 3.45. The van der Waals surface area contributed by atoms with Gasteiger partial charge in [-0.2, -0.15) is 0 Å². The minimum Gasteiger partial charge on any atom is -0.392 e. The molecule has 2 aromatic rings. The lowest BCUT2D eigenvalue weighted by atomic mass is 10.2. The number of nitrogens with zero attached hydrogens (tertiary/aromatic N) is 3. The summed E-state index contributed by atoms with van der Waals surface area (Å²) in [6.07, 6.45) is 5.16. The van der Waals surface area contributed by atoms with Gasteiger partial charge in [0.25, 0.3) is 0 Å². The lowest BCUT2D eigenvalue weighted by Crippen LogP contribution is -2.01. The molecule has 78 valence electrons. The lowest BCUT2D eigenvalue weighted by Gasteiger charge is -2.09. The van der Waals surface area contributed by atoms with Gasteiger partial charge in [0.15, 0.2) is 0 Å². The first kappa shape index (κ1) is 9.86. The molecule has 0 aliphatic heterocycles. The third-order valence-corrected chi connectivity index (χ3v) is 2.57. The van der Waals surface area contributed by atoms with Gasteiger partial charge in [0, 0.05) is 17.5 Å². The quantitative estimate of drug-likeness (QED) is 0.802. The molecular weight excluding hydrogens is 190 g/mol. The van der Waals surface area contributed by atoms with Crippen molar-refractivity contribution in [2.75, 3.05) is 0 Å². The largest absolute Gasteiger partial charge is 0.392 e. The van der Waals surface area contributed by atoms with Crippen molar-refractivity contribution in [1.29, 1.82) is 0 Å². The Morgan fingerprint density at radius 3 is 2.80 bits per heavy atom. The molecule has 2 heterocycles. The molecule has 0 spiro atoms. The number of hydrogen-bond donors (Lipinski definition) is 1. The number of aromatic nitrogens is 3. The maximum atomic E-state index is 9.22. The van der Waals surface area contributed by atoms with Crippen LogP contribution in [0.5, 0.6) is 0 Å². The molecule has 0 radical (unpaired) electrons. The fourth-order valence-corrected chi connectivity index (χ4v) is 1.51. The van der Waals surface area contributed by atoms with Crippen LogP contribution in [0.15, 0.2) is 24.8 Å². The number of imidazole rings is 1. The maximum Gasteiger partial charge on any atom is 0.0998 e. The van der Waals surface area contributed by atoms with Crippen molar-refractivity contribution in [1.82, 2.24) is 14.5 Å². The van der Waals surface area contributed by atoms with Crippen molar-refractivity contribution in [3.63, 3.8) is 0 Å². The molecule has 0 saturated carbocycles. The van der Waals surface area contributed by atoms with Gasteiger partial charge in [0.1, 0.15) is 0 Å². The molecular formula is C11H13N3O. The van der Waals surface area contributed by atoms with Crippen LogP contribution in [0, 0.1) is 13.8 Å². The minimum absolute atomic E-state index is 0.00845. The smallest absolute Gasteiger partial charge is 0.0998 e. The highest BCUT2D eigenvalue weighted by molar-refractivity contribution is 5.40. The number of aliphatic hydroxyl groups excluding tert-OH is 1. The Morgan fingerprint density at radius 2 is 2.20 bits per heavy atom. The van der Waals surface area contributed by atoms with E-state index in [1.54, 1.807) is 18.7 Å². The molecule has 0 aliphatic rings. The van der Waals surface area contributed by atoms with Crippen LogP contribution in [0.2, 0.25) is 0 Å². The summed E-state index contributed by atoms with van der Waals surface area (Å²) in [6, 6.07) is 1.81. The molecule has 4 nitrogen and oxygen atoms in total. The van der Waals surface area contributed by atoms with Gasteiger partial charge < -0.3 is 9.67 Å². The Labute approximate surface area is 88.2 Å². The van der Waals surface area contributed by atoms with Crippen molar-refractivity contribution in [2.45, 2.75) is 20.5 Å². The number of aliphatic hydroxyl groups is 1. The number of aryl methyl sites for hydroxylation is 1. The molecule has 0 aromatic carbocycles. The first-order valence-corrected chi connectivity index (χ1v) is 4.78. The predicted octanol–water partition coefficient (Wildman–Crippen LogP) is 1.38. The van der Waals surface area contributed by atoms with E-state index < -0.39 is 0 Å². The van der Waals surface area contributed by atoms with Crippen molar-refractivity contribution in [2.24, 2.45) is 0 Å². The second kappa shape index (κ2) is 3.82. The third kappa shape index (κ3) is 1.64. The highest BCUT2D eigenvalue weighted by Crippen LogP contribution is 2.16. The summed E-state index contributed by atoms with van der Waals surface area (Å²) >= 11 is 0. The summed E-state index contributed by atoms with van der Waals surface area (Å²) in [5.41, 5.74) is 3.80. The first-order chi connectivity index (χ1) is 7.24.